The van der Waals surface area contributed by atoms with E-state index in [1.54, 1.807) is 39.8 Å². The lowest BCUT2D eigenvalue weighted by Crippen LogP contribution is -2.35. The smallest absolute Gasteiger partial charge is 0.450 e. The minimum atomic E-state index is -1.53. The summed E-state index contributed by atoms with van der Waals surface area (Å²) in [6.45, 7) is 9.58. The molecular formula is C46H44N4O20. The standard InChI is InChI=1S/C24H20N2O10.C22H24N2O10/c1-13(35-23(27)28)19-11-12-20(14(2)36-24(29)30)22(16-5-9-18(10-6-16)26(33)34)21(19)15-3-7-17(8-4-15)25(31)32;1-21(2,33-19(25)31-17-9-5-15(6-10-17)23(27)28)13-14-22(3,4)34-20(26)32-18-11-7-16(8-12-18)24(29)30/h3-14H,1-2H3,(H,27,28)(H,29,30);5-12H,13-14H2,1-4H3. The van der Waals surface area contributed by atoms with Gasteiger partial charge in [-0.3, -0.25) is 40.5 Å². The Labute approximate surface area is 396 Å². The summed E-state index contributed by atoms with van der Waals surface area (Å²) < 4.78 is 30.6. The molecule has 2 N–H and O–H groups in total. The van der Waals surface area contributed by atoms with Crippen LogP contribution in [0.25, 0.3) is 22.3 Å². The molecule has 0 amide bonds. The Bertz CT molecular complexity index is 2550. The molecule has 0 fully saturated rings. The summed E-state index contributed by atoms with van der Waals surface area (Å²) >= 11 is 0. The highest BCUT2D eigenvalue weighted by atomic mass is 16.7. The van der Waals surface area contributed by atoms with Gasteiger partial charge in [-0.1, -0.05) is 12.1 Å². The van der Waals surface area contributed by atoms with E-state index >= 15 is 0 Å². The molecule has 2 atom stereocenters. The van der Waals surface area contributed by atoms with E-state index in [4.69, 9.17) is 38.6 Å². The number of rotatable bonds is 17. The lowest BCUT2D eigenvalue weighted by Gasteiger charge is -2.30. The Hall–Kier alpha value is -9.22. The minimum absolute atomic E-state index is 0.0871. The molecule has 0 aromatic heterocycles. The summed E-state index contributed by atoms with van der Waals surface area (Å²) in [4.78, 5) is 88.1. The Morgan fingerprint density at radius 1 is 0.471 bits per heavy atom. The second kappa shape index (κ2) is 23.0. The van der Waals surface area contributed by atoms with Gasteiger partial charge in [0.2, 0.25) is 0 Å². The SMILES string of the molecule is CC(C)(CCC(C)(C)OC(=O)Oc1ccc([N+](=O)[O-])cc1)OC(=O)Oc1ccc([N+](=O)[O-])cc1.CC(OC(=O)O)c1ccc(C(C)OC(=O)O)c(-c2ccc([N+](=O)[O-])cc2)c1-c1ccc([N+](=O)[O-])cc1. The van der Waals surface area contributed by atoms with Crippen LogP contribution >= 0.6 is 0 Å². The monoisotopic (exact) mass is 972 g/mol. The third-order valence-electron chi connectivity index (χ3n) is 9.98. The highest BCUT2D eigenvalue weighted by Crippen LogP contribution is 2.44. The molecule has 0 saturated carbocycles. The number of non-ortho nitro benzene ring substituents is 4. The Kier molecular flexibility index (Phi) is 17.5. The van der Waals surface area contributed by atoms with Gasteiger partial charge >= 0.3 is 24.6 Å². The van der Waals surface area contributed by atoms with E-state index in [-0.39, 0.29) is 34.2 Å². The number of nitrogens with zero attached hydrogens (tertiary/aromatic N) is 4. The zero-order valence-electron chi connectivity index (χ0n) is 38.0. The number of carboxylic acid groups (broad SMARTS) is 2. The van der Waals surface area contributed by atoms with Crippen LogP contribution < -0.4 is 9.47 Å². The highest BCUT2D eigenvalue weighted by Gasteiger charge is 2.32. The largest absolute Gasteiger partial charge is 0.514 e. The van der Waals surface area contributed by atoms with Crippen molar-refractivity contribution in [2.24, 2.45) is 0 Å². The molecule has 2 unspecified atom stereocenters. The van der Waals surface area contributed by atoms with Gasteiger partial charge in [0.05, 0.1) is 19.7 Å². The highest BCUT2D eigenvalue weighted by molar-refractivity contribution is 5.89. The van der Waals surface area contributed by atoms with Crippen LogP contribution in [0.1, 0.15) is 77.7 Å². The molecule has 368 valence electrons. The summed E-state index contributed by atoms with van der Waals surface area (Å²) in [5.74, 6) is 0.174. The fraction of sp³-hybridized carbons (Fsp3) is 0.261. The van der Waals surface area contributed by atoms with Crippen molar-refractivity contribution in [2.45, 2.75) is 77.8 Å². The van der Waals surface area contributed by atoms with Crippen molar-refractivity contribution in [3.05, 3.63) is 161 Å². The number of ether oxygens (including phenoxy) is 6. The van der Waals surface area contributed by atoms with Gasteiger partial charge in [0.1, 0.15) is 34.9 Å². The van der Waals surface area contributed by atoms with Gasteiger partial charge in [0.15, 0.2) is 0 Å². The summed E-state index contributed by atoms with van der Waals surface area (Å²) in [5.41, 5.74) is -0.180. The Balaban J connectivity index is 0.000000305. The fourth-order valence-electron chi connectivity index (χ4n) is 6.52. The first kappa shape index (κ1) is 53.4. The van der Waals surface area contributed by atoms with Crippen LogP contribution in [0.4, 0.5) is 41.9 Å². The van der Waals surface area contributed by atoms with Crippen molar-refractivity contribution in [3.63, 3.8) is 0 Å². The van der Waals surface area contributed by atoms with E-state index in [0.29, 0.717) is 46.2 Å². The molecular weight excluding hydrogens is 929 g/mol. The maximum atomic E-state index is 12.1. The molecule has 0 aliphatic carbocycles. The molecule has 0 heterocycles. The molecule has 24 nitrogen and oxygen atoms in total. The summed E-state index contributed by atoms with van der Waals surface area (Å²) in [6.07, 6.45) is -6.43. The van der Waals surface area contributed by atoms with Crippen molar-refractivity contribution in [1.29, 1.82) is 0 Å². The first-order chi connectivity index (χ1) is 32.7. The molecule has 0 spiro atoms. The fourth-order valence-corrected chi connectivity index (χ4v) is 6.52. The second-order valence-corrected chi connectivity index (χ2v) is 16.1. The van der Waals surface area contributed by atoms with Crippen LogP contribution in [0.15, 0.2) is 109 Å². The van der Waals surface area contributed by atoms with Crippen molar-refractivity contribution in [3.8, 4) is 33.8 Å². The van der Waals surface area contributed by atoms with Crippen molar-refractivity contribution in [1.82, 2.24) is 0 Å². The summed E-state index contributed by atoms with van der Waals surface area (Å²) in [7, 11) is 0. The van der Waals surface area contributed by atoms with Crippen LogP contribution in [0.3, 0.4) is 0 Å². The summed E-state index contributed by atoms with van der Waals surface area (Å²) in [5, 5.41) is 62.0. The van der Waals surface area contributed by atoms with Gasteiger partial charge in [-0.25, -0.2) is 19.2 Å². The van der Waals surface area contributed by atoms with Gasteiger partial charge in [-0.15, -0.1) is 0 Å². The number of carbonyl (C=O) groups excluding carboxylic acids is 2. The quantitative estimate of drug-likeness (QED) is 0.0287. The molecule has 5 aromatic rings. The third kappa shape index (κ3) is 15.4. The predicted octanol–water partition coefficient (Wildman–Crippen LogP) is 11.9. The molecule has 0 aliphatic rings. The van der Waals surface area contributed by atoms with Gasteiger partial charge in [-0.05, 0) is 125 Å². The molecule has 0 bridgehead atoms. The van der Waals surface area contributed by atoms with Crippen LogP contribution in [0.2, 0.25) is 0 Å². The molecule has 24 heteroatoms. The number of hydrogen-bond acceptors (Lipinski definition) is 18. The zero-order chi connectivity index (χ0) is 52.1. The molecule has 0 aliphatic heterocycles. The molecule has 5 aromatic carbocycles. The van der Waals surface area contributed by atoms with E-state index in [1.165, 1.54) is 111 Å². The lowest BCUT2D eigenvalue weighted by atomic mass is 9.84. The third-order valence-corrected chi connectivity index (χ3v) is 9.98. The molecule has 70 heavy (non-hydrogen) atoms. The zero-order valence-corrected chi connectivity index (χ0v) is 38.0. The van der Waals surface area contributed by atoms with Crippen molar-refractivity contribution >= 4 is 47.4 Å². The van der Waals surface area contributed by atoms with E-state index in [0.717, 1.165) is 0 Å². The molecule has 0 saturated heterocycles. The van der Waals surface area contributed by atoms with E-state index in [2.05, 4.69) is 0 Å². The average Bonchev–Trinajstić information content (AvgIpc) is 3.27. The molecule has 0 radical (unpaired) electrons. The molecule has 5 rings (SSSR count). The maximum absolute atomic E-state index is 12.1. The normalized spacial score (nSPS) is 11.8. The maximum Gasteiger partial charge on any atom is 0.514 e. The first-order valence-electron chi connectivity index (χ1n) is 20.5. The van der Waals surface area contributed by atoms with E-state index < -0.39 is 67.7 Å². The van der Waals surface area contributed by atoms with Gasteiger partial charge < -0.3 is 38.6 Å². The number of benzene rings is 5. The van der Waals surface area contributed by atoms with E-state index in [1.807, 2.05) is 0 Å². The van der Waals surface area contributed by atoms with Crippen LogP contribution in [-0.4, -0.2) is 65.7 Å². The average molecular weight is 973 g/mol. The van der Waals surface area contributed by atoms with Gasteiger partial charge in [-0.2, -0.15) is 0 Å². The lowest BCUT2D eigenvalue weighted by molar-refractivity contribution is -0.385. The van der Waals surface area contributed by atoms with Crippen LogP contribution in [0, 0.1) is 40.5 Å². The topological polar surface area (TPSA) is 337 Å². The number of nitro groups is 4. The van der Waals surface area contributed by atoms with Gasteiger partial charge in [0.25, 0.3) is 22.7 Å². The minimum Gasteiger partial charge on any atom is -0.450 e. The Morgan fingerprint density at radius 2 is 0.729 bits per heavy atom. The second-order valence-electron chi connectivity index (χ2n) is 16.1. The van der Waals surface area contributed by atoms with E-state index in [9.17, 15) is 59.6 Å². The van der Waals surface area contributed by atoms with Gasteiger partial charge in [0, 0.05) is 59.7 Å². The van der Waals surface area contributed by atoms with Crippen LogP contribution in [0.5, 0.6) is 11.5 Å². The Morgan fingerprint density at radius 3 is 0.971 bits per heavy atom. The number of carbonyl (C=O) groups is 4. The number of nitro benzene ring substituents is 4. The predicted molar refractivity (Wildman–Crippen MR) is 243 cm³/mol. The van der Waals surface area contributed by atoms with Crippen LogP contribution in [-0.2, 0) is 18.9 Å². The number of hydrogen-bond donors (Lipinski definition) is 2. The van der Waals surface area contributed by atoms with Crippen molar-refractivity contribution in [2.75, 3.05) is 0 Å². The first-order valence-corrected chi connectivity index (χ1v) is 20.5. The van der Waals surface area contributed by atoms with Crippen molar-refractivity contribution < 1.29 is 77.5 Å². The summed E-state index contributed by atoms with van der Waals surface area (Å²) in [6, 6.07) is 23.9.